The van der Waals surface area contributed by atoms with Gasteiger partial charge in [-0.05, 0) is 29.5 Å². The van der Waals surface area contributed by atoms with Gasteiger partial charge in [0.25, 0.3) is 0 Å². The smallest absolute Gasteiger partial charge is 0.371 e. The first-order chi connectivity index (χ1) is 12.7. The van der Waals surface area contributed by atoms with E-state index in [2.05, 4.69) is 25.9 Å². The van der Waals surface area contributed by atoms with Crippen LogP contribution < -0.4 is 10.1 Å². The van der Waals surface area contributed by atoms with Crippen LogP contribution >= 0.6 is 0 Å². The normalized spacial score (nSPS) is 11.0. The molecule has 0 spiro atoms. The zero-order chi connectivity index (χ0) is 18.4. The highest BCUT2D eigenvalue weighted by Crippen LogP contribution is 2.25. The number of H-pyrrole nitrogens is 1. The van der Waals surface area contributed by atoms with Crippen LogP contribution in [0.2, 0.25) is 0 Å². The number of para-hydroxylation sites is 2. The number of furan rings is 1. The second-order valence-electron chi connectivity index (χ2n) is 4.91. The van der Waals surface area contributed by atoms with Gasteiger partial charge in [0.05, 0.1) is 5.69 Å². The van der Waals surface area contributed by atoms with Crippen LogP contribution in [0.3, 0.4) is 0 Å². The molecule has 0 aliphatic heterocycles. The van der Waals surface area contributed by atoms with Gasteiger partial charge in [-0.2, -0.15) is 10.5 Å². The molecule has 0 atom stereocenters. The van der Waals surface area contributed by atoms with Crippen molar-refractivity contribution in [3.05, 3.63) is 59.9 Å². The number of benzene rings is 1. The fourth-order valence-electron chi connectivity index (χ4n) is 2.00. The van der Waals surface area contributed by atoms with Crippen molar-refractivity contribution in [2.45, 2.75) is 6.61 Å². The van der Waals surface area contributed by atoms with Crippen LogP contribution in [-0.4, -0.2) is 31.7 Å². The average molecular weight is 352 g/mol. The highest BCUT2D eigenvalue weighted by Gasteiger charge is 2.11. The molecule has 10 nitrogen and oxygen atoms in total. The number of carboxylic acids is 1. The van der Waals surface area contributed by atoms with Crippen molar-refractivity contribution >= 4 is 17.2 Å². The number of tetrazole rings is 1. The summed E-state index contributed by atoms with van der Waals surface area (Å²) >= 11 is 0. The molecule has 0 unspecified atom stereocenters. The maximum Gasteiger partial charge on any atom is 0.371 e. The predicted molar refractivity (Wildman–Crippen MR) is 87.8 cm³/mol. The SMILES string of the molecule is N#CC(=CNc1ccccc1OCc1ccc(C(=O)O)o1)c1nn[nH]n1. The molecule has 0 aliphatic carbocycles. The zero-order valence-corrected chi connectivity index (χ0v) is 13.2. The molecule has 0 amide bonds. The maximum absolute atomic E-state index is 10.8. The number of ether oxygens (including phenoxy) is 1. The van der Waals surface area contributed by atoms with Crippen LogP contribution in [-0.2, 0) is 6.61 Å². The number of aromatic carboxylic acids is 1. The first-order valence-corrected chi connectivity index (χ1v) is 7.32. The Morgan fingerprint density at radius 1 is 1.38 bits per heavy atom. The summed E-state index contributed by atoms with van der Waals surface area (Å²) in [5.74, 6) is -0.277. The minimum absolute atomic E-state index is 0.0473. The van der Waals surface area contributed by atoms with E-state index in [0.29, 0.717) is 17.2 Å². The van der Waals surface area contributed by atoms with Crippen molar-refractivity contribution in [1.82, 2.24) is 20.6 Å². The first kappa shape index (κ1) is 16.7. The molecule has 2 aromatic heterocycles. The topological polar surface area (TPSA) is 150 Å². The molecule has 1 aromatic carbocycles. The van der Waals surface area contributed by atoms with Crippen molar-refractivity contribution < 1.29 is 19.1 Å². The van der Waals surface area contributed by atoms with Gasteiger partial charge in [0, 0.05) is 6.20 Å². The number of allylic oxidation sites excluding steroid dienone is 1. The highest BCUT2D eigenvalue weighted by molar-refractivity contribution is 5.84. The highest BCUT2D eigenvalue weighted by atomic mass is 16.5. The maximum atomic E-state index is 10.8. The number of rotatable bonds is 7. The number of hydrogen-bond acceptors (Lipinski definition) is 8. The van der Waals surface area contributed by atoms with Crippen molar-refractivity contribution in [3.63, 3.8) is 0 Å². The van der Waals surface area contributed by atoms with Gasteiger partial charge in [0.2, 0.25) is 11.6 Å². The van der Waals surface area contributed by atoms with E-state index >= 15 is 0 Å². The molecule has 0 saturated carbocycles. The largest absolute Gasteiger partial charge is 0.483 e. The van der Waals surface area contributed by atoms with E-state index in [4.69, 9.17) is 14.3 Å². The second kappa shape index (κ2) is 7.63. The monoisotopic (exact) mass is 352 g/mol. The number of anilines is 1. The third-order valence-electron chi connectivity index (χ3n) is 3.21. The fourth-order valence-corrected chi connectivity index (χ4v) is 2.00. The van der Waals surface area contributed by atoms with Gasteiger partial charge < -0.3 is 19.6 Å². The van der Waals surface area contributed by atoms with Crippen LogP contribution in [0.1, 0.15) is 22.1 Å². The molecular weight excluding hydrogens is 340 g/mol. The number of nitrogens with one attached hydrogen (secondary N) is 2. The number of nitrogens with zero attached hydrogens (tertiary/aromatic N) is 4. The number of aromatic nitrogens is 4. The molecule has 0 bridgehead atoms. The van der Waals surface area contributed by atoms with E-state index in [-0.39, 0.29) is 23.8 Å². The summed E-state index contributed by atoms with van der Waals surface area (Å²) in [5, 5.41) is 34.2. The summed E-state index contributed by atoms with van der Waals surface area (Å²) in [6, 6.07) is 11.9. The standard InChI is InChI=1S/C16H12N6O4/c17-7-10(15-19-21-22-20-15)8-18-12-3-1-2-4-13(12)25-9-11-5-6-14(26-11)16(23)24/h1-6,8,18H,9H2,(H,23,24)(H,19,20,21,22). The summed E-state index contributed by atoms with van der Waals surface area (Å²) in [6.45, 7) is 0.0473. The van der Waals surface area contributed by atoms with Crippen molar-refractivity contribution in [1.29, 1.82) is 5.26 Å². The van der Waals surface area contributed by atoms with Crippen LogP contribution in [0.25, 0.3) is 5.57 Å². The lowest BCUT2D eigenvalue weighted by Gasteiger charge is -2.10. The molecule has 0 aliphatic rings. The Kier molecular flexibility index (Phi) is 4.90. The molecule has 0 radical (unpaired) electrons. The number of carboxylic acid groups (broad SMARTS) is 1. The molecule has 3 N–H and O–H groups in total. The quantitative estimate of drug-likeness (QED) is 0.543. The predicted octanol–water partition coefficient (Wildman–Crippen LogP) is 2.05. The molecule has 3 rings (SSSR count). The lowest BCUT2D eigenvalue weighted by atomic mass is 10.2. The summed E-state index contributed by atoms with van der Waals surface area (Å²) in [5.41, 5.74) is 0.777. The third-order valence-corrected chi connectivity index (χ3v) is 3.21. The van der Waals surface area contributed by atoms with Crippen molar-refractivity contribution in [3.8, 4) is 11.8 Å². The number of carbonyl (C=O) groups is 1. The Morgan fingerprint density at radius 2 is 2.23 bits per heavy atom. The summed E-state index contributed by atoms with van der Waals surface area (Å²) in [7, 11) is 0. The Labute approximate surface area is 146 Å². The molecule has 26 heavy (non-hydrogen) atoms. The fraction of sp³-hybridized carbons (Fsp3) is 0.0625. The van der Waals surface area contributed by atoms with Crippen LogP contribution in [0.5, 0.6) is 5.75 Å². The minimum Gasteiger partial charge on any atom is -0.483 e. The Morgan fingerprint density at radius 3 is 2.92 bits per heavy atom. The molecular formula is C16H12N6O4. The van der Waals surface area contributed by atoms with Crippen molar-refractivity contribution in [2.75, 3.05) is 5.32 Å². The van der Waals surface area contributed by atoms with Gasteiger partial charge in [0.15, 0.2) is 0 Å². The molecule has 0 saturated heterocycles. The molecule has 10 heteroatoms. The lowest BCUT2D eigenvalue weighted by Crippen LogP contribution is -1.99. The van der Waals surface area contributed by atoms with Gasteiger partial charge in [-0.25, -0.2) is 4.79 Å². The average Bonchev–Trinajstić information content (AvgIpc) is 3.33. The van der Waals surface area contributed by atoms with E-state index in [1.54, 1.807) is 24.3 Å². The van der Waals surface area contributed by atoms with Crippen LogP contribution in [0.15, 0.2) is 47.0 Å². The summed E-state index contributed by atoms with van der Waals surface area (Å²) in [6.07, 6.45) is 1.43. The molecule has 130 valence electrons. The lowest BCUT2D eigenvalue weighted by molar-refractivity contribution is 0.0658. The Hall–Kier alpha value is -4.13. The zero-order valence-electron chi connectivity index (χ0n) is 13.2. The van der Waals surface area contributed by atoms with E-state index < -0.39 is 5.97 Å². The van der Waals surface area contributed by atoms with E-state index in [9.17, 15) is 10.1 Å². The number of aromatic amines is 1. The van der Waals surface area contributed by atoms with Crippen LogP contribution in [0.4, 0.5) is 5.69 Å². The van der Waals surface area contributed by atoms with Crippen molar-refractivity contribution in [2.24, 2.45) is 0 Å². The first-order valence-electron chi connectivity index (χ1n) is 7.32. The van der Waals surface area contributed by atoms with Gasteiger partial charge in [-0.3, -0.25) is 0 Å². The minimum atomic E-state index is -1.14. The third kappa shape index (κ3) is 3.85. The van der Waals surface area contributed by atoms with Gasteiger partial charge in [-0.15, -0.1) is 10.2 Å². The molecule has 2 heterocycles. The Bertz CT molecular complexity index is 971. The van der Waals surface area contributed by atoms with Crippen LogP contribution in [0, 0.1) is 11.3 Å². The number of nitriles is 1. The molecule has 0 fully saturated rings. The second-order valence-corrected chi connectivity index (χ2v) is 4.91. The van der Waals surface area contributed by atoms with E-state index in [1.807, 2.05) is 6.07 Å². The Balaban J connectivity index is 1.71. The molecule has 3 aromatic rings. The summed E-state index contributed by atoms with van der Waals surface area (Å²) in [4.78, 5) is 10.8. The van der Waals surface area contributed by atoms with Gasteiger partial charge in [-0.1, -0.05) is 12.1 Å². The van der Waals surface area contributed by atoms with Gasteiger partial charge in [0.1, 0.15) is 29.8 Å². The summed E-state index contributed by atoms with van der Waals surface area (Å²) < 4.78 is 10.8. The number of hydrogen-bond donors (Lipinski definition) is 3. The van der Waals surface area contributed by atoms with E-state index in [1.165, 1.54) is 18.3 Å². The van der Waals surface area contributed by atoms with Gasteiger partial charge >= 0.3 is 5.97 Å². The van der Waals surface area contributed by atoms with E-state index in [0.717, 1.165) is 0 Å².